The smallest absolute Gasteiger partial charge is 0.319 e. The average molecular weight is 337 g/mol. The van der Waals surface area contributed by atoms with Crippen molar-refractivity contribution in [1.29, 1.82) is 0 Å². The van der Waals surface area contributed by atoms with Crippen molar-refractivity contribution >= 4 is 11.9 Å². The Morgan fingerprint density at radius 1 is 1.29 bits per heavy atom. The Morgan fingerprint density at radius 2 is 2.00 bits per heavy atom. The van der Waals surface area contributed by atoms with Gasteiger partial charge < -0.3 is 20.3 Å². The number of hydrogen-bond donors (Lipinski definition) is 2. The Bertz CT molecular complexity index is 715. The van der Waals surface area contributed by atoms with Crippen LogP contribution in [-0.4, -0.2) is 43.1 Å². The number of carbonyl (C=O) groups excluding carboxylic acids is 2. The van der Waals surface area contributed by atoms with Crippen LogP contribution in [-0.2, 0) is 9.53 Å². The standard InChI is InChI=1S/C16H17F2N3O3/c1-9-13(15(22)21-4-6-24-7-5-21)14(20-16(23)19-9)11-3-2-10(17)8-12(11)18/h2-3,8,14H,4-7H2,1H3,(H2,19,20,23)/t14-/m1/s1. The van der Waals surface area contributed by atoms with E-state index in [4.69, 9.17) is 4.74 Å². The molecule has 2 aliphatic heterocycles. The highest BCUT2D eigenvalue weighted by molar-refractivity contribution is 5.98. The number of urea groups is 1. The van der Waals surface area contributed by atoms with Crippen molar-refractivity contribution in [3.05, 3.63) is 46.7 Å². The number of halogens is 2. The normalized spacial score (nSPS) is 21.4. The number of benzene rings is 1. The van der Waals surface area contributed by atoms with Crippen molar-refractivity contribution in [2.75, 3.05) is 26.3 Å². The van der Waals surface area contributed by atoms with Gasteiger partial charge in [-0.1, -0.05) is 6.07 Å². The minimum Gasteiger partial charge on any atom is -0.378 e. The van der Waals surface area contributed by atoms with Crippen LogP contribution in [0.2, 0.25) is 0 Å². The molecule has 0 unspecified atom stereocenters. The molecular formula is C16H17F2N3O3. The Morgan fingerprint density at radius 3 is 2.67 bits per heavy atom. The number of nitrogens with one attached hydrogen (secondary N) is 2. The summed E-state index contributed by atoms with van der Waals surface area (Å²) in [6.45, 7) is 3.27. The highest BCUT2D eigenvalue weighted by Gasteiger charge is 2.35. The summed E-state index contributed by atoms with van der Waals surface area (Å²) in [4.78, 5) is 26.2. The summed E-state index contributed by atoms with van der Waals surface area (Å²) < 4.78 is 32.6. The first-order valence-electron chi connectivity index (χ1n) is 7.57. The van der Waals surface area contributed by atoms with Gasteiger partial charge in [-0.15, -0.1) is 0 Å². The summed E-state index contributed by atoms with van der Waals surface area (Å²) in [6.07, 6.45) is 0. The van der Waals surface area contributed by atoms with Crippen molar-refractivity contribution in [2.24, 2.45) is 0 Å². The third kappa shape index (κ3) is 3.09. The molecule has 0 aliphatic carbocycles. The van der Waals surface area contributed by atoms with Gasteiger partial charge in [0, 0.05) is 30.4 Å². The topological polar surface area (TPSA) is 70.7 Å². The maximum atomic E-state index is 14.2. The number of amides is 3. The quantitative estimate of drug-likeness (QED) is 0.858. The van der Waals surface area contributed by atoms with E-state index in [9.17, 15) is 18.4 Å². The predicted octanol–water partition coefficient (Wildman–Crippen LogP) is 1.45. The summed E-state index contributed by atoms with van der Waals surface area (Å²) in [5, 5.41) is 5.08. The maximum absolute atomic E-state index is 14.2. The first-order chi connectivity index (χ1) is 11.5. The lowest BCUT2D eigenvalue weighted by molar-refractivity contribution is -0.131. The van der Waals surface area contributed by atoms with Gasteiger partial charge in [-0.3, -0.25) is 4.79 Å². The van der Waals surface area contributed by atoms with E-state index in [1.54, 1.807) is 11.8 Å². The lowest BCUT2D eigenvalue weighted by Gasteiger charge is -2.34. The molecule has 0 bridgehead atoms. The van der Waals surface area contributed by atoms with Crippen LogP contribution in [0.1, 0.15) is 18.5 Å². The molecule has 6 nitrogen and oxygen atoms in total. The number of hydrogen-bond acceptors (Lipinski definition) is 3. The molecule has 0 spiro atoms. The zero-order valence-corrected chi connectivity index (χ0v) is 13.1. The van der Waals surface area contributed by atoms with Crippen molar-refractivity contribution in [1.82, 2.24) is 15.5 Å². The molecule has 3 rings (SSSR count). The Labute approximate surface area is 137 Å². The summed E-state index contributed by atoms with van der Waals surface area (Å²) in [7, 11) is 0. The number of nitrogens with zero attached hydrogens (tertiary/aromatic N) is 1. The van der Waals surface area contributed by atoms with Crippen LogP contribution in [0.15, 0.2) is 29.5 Å². The highest BCUT2D eigenvalue weighted by Crippen LogP contribution is 2.30. The molecule has 1 fully saturated rings. The SMILES string of the molecule is CC1=C(C(=O)N2CCOCC2)[C@@H](c2ccc(F)cc2F)NC(=O)N1. The number of morpholine rings is 1. The number of carbonyl (C=O) groups is 2. The van der Waals surface area contributed by atoms with Crippen LogP contribution in [0.3, 0.4) is 0 Å². The molecule has 1 atom stereocenters. The third-order valence-electron chi connectivity index (χ3n) is 4.07. The lowest BCUT2D eigenvalue weighted by atomic mass is 9.94. The van der Waals surface area contributed by atoms with Gasteiger partial charge in [0.05, 0.1) is 24.8 Å². The largest absolute Gasteiger partial charge is 0.378 e. The molecule has 2 N–H and O–H groups in total. The first kappa shape index (κ1) is 16.4. The number of rotatable bonds is 2. The minimum atomic E-state index is -0.977. The fourth-order valence-electron chi connectivity index (χ4n) is 2.88. The van der Waals surface area contributed by atoms with Gasteiger partial charge in [0.25, 0.3) is 5.91 Å². The highest BCUT2D eigenvalue weighted by atomic mass is 19.1. The third-order valence-corrected chi connectivity index (χ3v) is 4.07. The molecule has 8 heteroatoms. The van der Waals surface area contributed by atoms with Crippen LogP contribution in [0, 0.1) is 11.6 Å². The van der Waals surface area contributed by atoms with E-state index in [1.807, 2.05) is 0 Å². The number of ether oxygens (including phenoxy) is 1. The molecular weight excluding hydrogens is 320 g/mol. The monoisotopic (exact) mass is 337 g/mol. The zero-order chi connectivity index (χ0) is 17.3. The van der Waals surface area contributed by atoms with Crippen LogP contribution in [0.5, 0.6) is 0 Å². The fourth-order valence-corrected chi connectivity index (χ4v) is 2.88. The summed E-state index contributed by atoms with van der Waals surface area (Å²) >= 11 is 0. The van der Waals surface area contributed by atoms with Gasteiger partial charge in [0.2, 0.25) is 0 Å². The predicted molar refractivity (Wildman–Crippen MR) is 80.9 cm³/mol. The molecule has 128 valence electrons. The summed E-state index contributed by atoms with van der Waals surface area (Å²) in [5.41, 5.74) is 0.633. The van der Waals surface area contributed by atoms with Crippen LogP contribution < -0.4 is 10.6 Å². The van der Waals surface area contributed by atoms with E-state index in [0.717, 1.165) is 12.1 Å². The van der Waals surface area contributed by atoms with Crippen LogP contribution in [0.25, 0.3) is 0 Å². The van der Waals surface area contributed by atoms with Crippen molar-refractivity contribution in [2.45, 2.75) is 13.0 Å². The van der Waals surface area contributed by atoms with Crippen molar-refractivity contribution in [3.63, 3.8) is 0 Å². The lowest BCUT2D eigenvalue weighted by Crippen LogP contribution is -2.49. The van der Waals surface area contributed by atoms with E-state index in [0.29, 0.717) is 32.0 Å². The minimum absolute atomic E-state index is 0.0437. The molecule has 24 heavy (non-hydrogen) atoms. The van der Waals surface area contributed by atoms with Gasteiger partial charge in [0.1, 0.15) is 11.6 Å². The van der Waals surface area contributed by atoms with E-state index in [-0.39, 0.29) is 17.0 Å². The molecule has 0 saturated carbocycles. The average Bonchev–Trinajstić information content (AvgIpc) is 2.54. The van der Waals surface area contributed by atoms with Crippen LogP contribution >= 0.6 is 0 Å². The van der Waals surface area contributed by atoms with Gasteiger partial charge in [-0.2, -0.15) is 0 Å². The van der Waals surface area contributed by atoms with E-state index < -0.39 is 23.7 Å². The summed E-state index contributed by atoms with van der Waals surface area (Å²) in [5.74, 6) is -1.85. The molecule has 3 amide bonds. The van der Waals surface area contributed by atoms with Gasteiger partial charge >= 0.3 is 6.03 Å². The van der Waals surface area contributed by atoms with E-state index >= 15 is 0 Å². The van der Waals surface area contributed by atoms with Crippen molar-refractivity contribution < 1.29 is 23.1 Å². The van der Waals surface area contributed by atoms with Gasteiger partial charge in [0.15, 0.2) is 0 Å². The maximum Gasteiger partial charge on any atom is 0.319 e. The second-order valence-electron chi connectivity index (χ2n) is 5.64. The molecule has 1 saturated heterocycles. The second-order valence-corrected chi connectivity index (χ2v) is 5.64. The molecule has 2 heterocycles. The fraction of sp³-hybridized carbons (Fsp3) is 0.375. The zero-order valence-electron chi connectivity index (χ0n) is 13.1. The van der Waals surface area contributed by atoms with E-state index in [1.165, 1.54) is 6.07 Å². The second kappa shape index (κ2) is 6.56. The molecule has 0 radical (unpaired) electrons. The van der Waals surface area contributed by atoms with Crippen molar-refractivity contribution in [3.8, 4) is 0 Å². The van der Waals surface area contributed by atoms with Gasteiger partial charge in [-0.05, 0) is 13.0 Å². The Kier molecular flexibility index (Phi) is 4.48. The first-order valence-corrected chi connectivity index (χ1v) is 7.57. The summed E-state index contributed by atoms with van der Waals surface area (Å²) in [6, 6.07) is 1.55. The molecule has 0 aromatic heterocycles. The molecule has 1 aromatic rings. The number of allylic oxidation sites excluding steroid dienone is 1. The van der Waals surface area contributed by atoms with Crippen LogP contribution in [0.4, 0.5) is 13.6 Å². The molecule has 2 aliphatic rings. The Hall–Kier alpha value is -2.48. The Balaban J connectivity index is 2.00. The van der Waals surface area contributed by atoms with E-state index in [2.05, 4.69) is 10.6 Å². The molecule has 1 aromatic carbocycles. The van der Waals surface area contributed by atoms with Gasteiger partial charge in [-0.25, -0.2) is 13.6 Å².